The number of hydrogen-bond acceptors (Lipinski definition) is 3. The van der Waals surface area contributed by atoms with E-state index < -0.39 is 6.04 Å². The number of anilines is 1. The molecule has 0 fully saturated rings. The van der Waals surface area contributed by atoms with Crippen LogP contribution in [0.3, 0.4) is 0 Å². The van der Waals surface area contributed by atoms with E-state index in [0.717, 1.165) is 10.0 Å². The summed E-state index contributed by atoms with van der Waals surface area (Å²) in [4.78, 5) is 12.3. The molecule has 0 aliphatic rings. The molecule has 1 amide bonds. The van der Waals surface area contributed by atoms with Crippen molar-refractivity contribution in [3.05, 3.63) is 64.0 Å². The summed E-state index contributed by atoms with van der Waals surface area (Å²) in [5, 5.41) is 11.6. The van der Waals surface area contributed by atoms with Crippen LogP contribution in [0.5, 0.6) is 0 Å². The zero-order chi connectivity index (χ0) is 17.1. The maximum absolute atomic E-state index is 12.3. The lowest BCUT2D eigenvalue weighted by molar-refractivity contribution is -0.119. The van der Waals surface area contributed by atoms with Crippen molar-refractivity contribution in [2.75, 3.05) is 5.32 Å². The average molecular weight is 409 g/mol. The van der Waals surface area contributed by atoms with Gasteiger partial charge in [0.15, 0.2) is 5.82 Å². The van der Waals surface area contributed by atoms with E-state index >= 15 is 0 Å². The Hall–Kier alpha value is -2.12. The summed E-state index contributed by atoms with van der Waals surface area (Å²) in [5.41, 5.74) is 1.10. The Kier molecular flexibility index (Phi) is 5.01. The molecule has 24 heavy (non-hydrogen) atoms. The highest BCUT2D eigenvalue weighted by Crippen LogP contribution is 2.21. The van der Waals surface area contributed by atoms with Gasteiger partial charge in [0.1, 0.15) is 11.1 Å². The molecule has 0 radical (unpaired) electrons. The Morgan fingerprint density at radius 3 is 2.75 bits per heavy atom. The highest BCUT2D eigenvalue weighted by Gasteiger charge is 2.18. The van der Waals surface area contributed by atoms with Gasteiger partial charge in [-0.1, -0.05) is 41.9 Å². The van der Waals surface area contributed by atoms with Crippen molar-refractivity contribution in [3.8, 4) is 0 Å². The summed E-state index contributed by atoms with van der Waals surface area (Å²) in [5.74, 6) is 0.105. The Labute approximate surface area is 152 Å². The predicted molar refractivity (Wildman–Crippen MR) is 96.0 cm³/mol. The quantitative estimate of drug-likeness (QED) is 0.699. The monoisotopic (exact) mass is 407 g/mol. The molecule has 0 saturated heterocycles. The van der Waals surface area contributed by atoms with Crippen LogP contribution in [0, 0.1) is 0 Å². The highest BCUT2D eigenvalue weighted by molar-refractivity contribution is 9.10. The summed E-state index contributed by atoms with van der Waals surface area (Å²) < 4.78 is 4.07. The van der Waals surface area contributed by atoms with E-state index in [1.807, 2.05) is 30.3 Å². The first-order chi connectivity index (χ1) is 11.5. The van der Waals surface area contributed by atoms with E-state index in [1.165, 1.54) is 0 Å². The summed E-state index contributed by atoms with van der Waals surface area (Å²) in [6.45, 7) is 2.34. The molecule has 0 bridgehead atoms. The lowest BCUT2D eigenvalue weighted by atomic mass is 10.2. The van der Waals surface area contributed by atoms with Gasteiger partial charge in [-0.25, -0.2) is 0 Å². The molecule has 124 valence electrons. The van der Waals surface area contributed by atoms with Crippen LogP contribution >= 0.6 is 27.5 Å². The van der Waals surface area contributed by atoms with Crippen LogP contribution in [0.4, 0.5) is 5.82 Å². The van der Waals surface area contributed by atoms with E-state index in [9.17, 15) is 4.79 Å². The van der Waals surface area contributed by atoms with E-state index in [0.29, 0.717) is 17.4 Å². The second kappa shape index (κ2) is 7.19. The highest BCUT2D eigenvalue weighted by atomic mass is 79.9. The lowest BCUT2D eigenvalue weighted by Gasteiger charge is -2.11. The SMILES string of the molecule is CC(C(=O)Nc1nn(Cc2ccccc2)cc1Cl)n1cc(Br)cn1. The first-order valence-corrected chi connectivity index (χ1v) is 8.47. The zero-order valence-electron chi connectivity index (χ0n) is 12.9. The second-order valence-corrected chi connectivity index (χ2v) is 6.64. The molecule has 6 nitrogen and oxygen atoms in total. The van der Waals surface area contributed by atoms with Gasteiger partial charge in [-0.2, -0.15) is 10.2 Å². The van der Waals surface area contributed by atoms with Crippen molar-refractivity contribution >= 4 is 39.3 Å². The lowest BCUT2D eigenvalue weighted by Crippen LogP contribution is -2.24. The molecule has 2 heterocycles. The minimum Gasteiger partial charge on any atom is -0.306 e. The number of carbonyl (C=O) groups is 1. The molecule has 3 rings (SSSR count). The van der Waals surface area contributed by atoms with Crippen molar-refractivity contribution in [1.29, 1.82) is 0 Å². The van der Waals surface area contributed by atoms with Crippen LogP contribution in [0.25, 0.3) is 0 Å². The summed E-state index contributed by atoms with van der Waals surface area (Å²) in [6.07, 6.45) is 5.06. The number of aromatic nitrogens is 4. The number of benzene rings is 1. The fourth-order valence-corrected chi connectivity index (χ4v) is 2.70. The van der Waals surface area contributed by atoms with Gasteiger partial charge >= 0.3 is 0 Å². The molecular formula is C16H15BrClN5O. The average Bonchev–Trinajstić information content (AvgIpc) is 3.14. The summed E-state index contributed by atoms with van der Waals surface area (Å²) in [6, 6.07) is 9.42. The van der Waals surface area contributed by atoms with Gasteiger partial charge in [-0.05, 0) is 28.4 Å². The van der Waals surface area contributed by atoms with Crippen molar-refractivity contribution in [3.63, 3.8) is 0 Å². The van der Waals surface area contributed by atoms with E-state index in [-0.39, 0.29) is 5.91 Å². The molecule has 2 aromatic heterocycles. The van der Waals surface area contributed by atoms with Gasteiger partial charge in [0.05, 0.1) is 17.2 Å². The van der Waals surface area contributed by atoms with Gasteiger partial charge in [0.25, 0.3) is 0 Å². The first-order valence-electron chi connectivity index (χ1n) is 7.30. The van der Waals surface area contributed by atoms with Crippen molar-refractivity contribution in [2.45, 2.75) is 19.5 Å². The molecule has 8 heteroatoms. The summed E-state index contributed by atoms with van der Waals surface area (Å²) >= 11 is 9.49. The number of halogens is 2. The number of nitrogens with one attached hydrogen (secondary N) is 1. The Bertz CT molecular complexity index is 845. The second-order valence-electron chi connectivity index (χ2n) is 5.31. The van der Waals surface area contributed by atoms with Crippen LogP contribution in [0.2, 0.25) is 5.02 Å². The van der Waals surface area contributed by atoms with Gasteiger partial charge < -0.3 is 5.32 Å². The standard InChI is InChI=1S/C16H15BrClN5O/c1-11(23-9-13(17)7-19-23)16(24)20-15-14(18)10-22(21-15)8-12-5-3-2-4-6-12/h2-7,9-11H,8H2,1H3,(H,20,21,24). The minimum atomic E-state index is -0.480. The molecule has 0 spiro atoms. The predicted octanol–water partition coefficient (Wildman–Crippen LogP) is 3.74. The van der Waals surface area contributed by atoms with Crippen molar-refractivity contribution < 1.29 is 4.79 Å². The fourth-order valence-electron chi connectivity index (χ4n) is 2.20. The molecule has 1 N–H and O–H groups in total. The zero-order valence-corrected chi connectivity index (χ0v) is 15.2. The number of amides is 1. The minimum absolute atomic E-state index is 0.238. The Balaban J connectivity index is 1.70. The van der Waals surface area contributed by atoms with E-state index in [4.69, 9.17) is 11.6 Å². The van der Waals surface area contributed by atoms with Gasteiger partial charge in [-0.3, -0.25) is 14.2 Å². The molecule has 0 aliphatic heterocycles. The molecule has 1 atom stereocenters. The maximum atomic E-state index is 12.3. The molecule has 0 aliphatic carbocycles. The first kappa shape index (κ1) is 16.7. The molecule has 1 aromatic carbocycles. The number of nitrogens with zero attached hydrogens (tertiary/aromatic N) is 4. The third-order valence-corrected chi connectivity index (χ3v) is 4.18. The van der Waals surface area contributed by atoms with Gasteiger partial charge in [-0.15, -0.1) is 0 Å². The molecular weight excluding hydrogens is 394 g/mol. The Morgan fingerprint density at radius 2 is 2.08 bits per heavy atom. The number of rotatable bonds is 5. The number of carbonyl (C=O) groups excluding carboxylic acids is 1. The normalized spacial score (nSPS) is 12.1. The fraction of sp³-hybridized carbons (Fsp3) is 0.188. The molecule has 3 aromatic rings. The molecule has 1 unspecified atom stereocenters. The Morgan fingerprint density at radius 1 is 1.33 bits per heavy atom. The van der Waals surface area contributed by atoms with E-state index in [2.05, 4.69) is 31.4 Å². The maximum Gasteiger partial charge on any atom is 0.250 e. The van der Waals surface area contributed by atoms with Crippen LogP contribution in [0.15, 0.2) is 53.4 Å². The van der Waals surface area contributed by atoms with Crippen LogP contribution < -0.4 is 5.32 Å². The topological polar surface area (TPSA) is 64.7 Å². The van der Waals surface area contributed by atoms with Gasteiger partial charge in [0.2, 0.25) is 5.91 Å². The number of hydrogen-bond donors (Lipinski definition) is 1. The third-order valence-electron chi connectivity index (χ3n) is 3.49. The van der Waals surface area contributed by atoms with Crippen LogP contribution in [0.1, 0.15) is 18.5 Å². The molecule has 0 saturated carbocycles. The van der Waals surface area contributed by atoms with Crippen LogP contribution in [-0.4, -0.2) is 25.5 Å². The van der Waals surface area contributed by atoms with Crippen molar-refractivity contribution in [1.82, 2.24) is 19.6 Å². The largest absolute Gasteiger partial charge is 0.306 e. The van der Waals surface area contributed by atoms with Crippen LogP contribution in [-0.2, 0) is 11.3 Å². The smallest absolute Gasteiger partial charge is 0.250 e. The summed E-state index contributed by atoms with van der Waals surface area (Å²) in [7, 11) is 0. The van der Waals surface area contributed by atoms with E-state index in [1.54, 1.807) is 34.9 Å². The van der Waals surface area contributed by atoms with Gasteiger partial charge in [0, 0.05) is 12.4 Å². The third kappa shape index (κ3) is 3.85. The van der Waals surface area contributed by atoms with Crippen molar-refractivity contribution in [2.24, 2.45) is 0 Å².